The molecule has 0 radical (unpaired) electrons. The third-order valence-corrected chi connectivity index (χ3v) is 4.46. The van der Waals surface area contributed by atoms with E-state index < -0.39 is 10.0 Å². The van der Waals surface area contributed by atoms with Gasteiger partial charge in [0.25, 0.3) is 0 Å². The number of nitrogen functional groups attached to an aromatic ring is 1. The van der Waals surface area contributed by atoms with Gasteiger partial charge in [-0.1, -0.05) is 11.6 Å². The predicted molar refractivity (Wildman–Crippen MR) is 78.4 cm³/mol. The first-order valence-corrected chi connectivity index (χ1v) is 7.79. The van der Waals surface area contributed by atoms with Crippen LogP contribution in [0.1, 0.15) is 13.8 Å². The number of aromatic nitrogens is 2. The summed E-state index contributed by atoms with van der Waals surface area (Å²) >= 11 is 5.83. The van der Waals surface area contributed by atoms with Crippen molar-refractivity contribution in [2.24, 2.45) is 0 Å². The second kappa shape index (κ2) is 5.43. The molecule has 0 spiro atoms. The first-order chi connectivity index (χ1) is 9.29. The largest absolute Gasteiger partial charge is 0.381 e. The van der Waals surface area contributed by atoms with Gasteiger partial charge in [0, 0.05) is 6.04 Å². The molecule has 0 aliphatic carbocycles. The van der Waals surface area contributed by atoms with Crippen LogP contribution < -0.4 is 10.5 Å². The summed E-state index contributed by atoms with van der Waals surface area (Å²) < 4.78 is 28.0. The number of nitrogens with one attached hydrogen (secondary N) is 1. The predicted octanol–water partition coefficient (Wildman–Crippen LogP) is 1.79. The molecule has 8 heteroatoms. The zero-order valence-corrected chi connectivity index (χ0v) is 12.6. The molecule has 0 unspecified atom stereocenters. The number of hydrogen-bond donors (Lipinski definition) is 2. The van der Waals surface area contributed by atoms with Gasteiger partial charge in [0.15, 0.2) is 5.82 Å². The Kier molecular flexibility index (Phi) is 4.03. The van der Waals surface area contributed by atoms with Crippen molar-refractivity contribution in [3.8, 4) is 5.69 Å². The van der Waals surface area contributed by atoms with Crippen LogP contribution in [0, 0.1) is 0 Å². The van der Waals surface area contributed by atoms with Crippen molar-refractivity contribution < 1.29 is 8.42 Å². The highest BCUT2D eigenvalue weighted by atomic mass is 35.5. The number of anilines is 1. The quantitative estimate of drug-likeness (QED) is 0.900. The molecule has 2 rings (SSSR count). The molecule has 0 saturated heterocycles. The highest BCUT2D eigenvalue weighted by molar-refractivity contribution is 7.89. The smallest absolute Gasteiger partial charge is 0.240 e. The Hall–Kier alpha value is -1.57. The molecular weight excluding hydrogens is 300 g/mol. The Balaban J connectivity index is 2.31. The monoisotopic (exact) mass is 314 g/mol. The van der Waals surface area contributed by atoms with Gasteiger partial charge in [-0.2, -0.15) is 0 Å². The molecule has 0 saturated carbocycles. The molecule has 108 valence electrons. The summed E-state index contributed by atoms with van der Waals surface area (Å²) in [5.41, 5.74) is 6.24. The summed E-state index contributed by atoms with van der Waals surface area (Å²) in [5, 5.41) is 4.37. The van der Waals surface area contributed by atoms with Crippen LogP contribution in [-0.4, -0.2) is 24.2 Å². The maximum atomic E-state index is 12.0. The average molecular weight is 315 g/mol. The van der Waals surface area contributed by atoms with Gasteiger partial charge in [0.05, 0.1) is 16.8 Å². The van der Waals surface area contributed by atoms with E-state index in [1.165, 1.54) is 16.8 Å². The summed E-state index contributed by atoms with van der Waals surface area (Å²) in [5.74, 6) is 0.227. The van der Waals surface area contributed by atoms with Crippen molar-refractivity contribution in [2.45, 2.75) is 24.8 Å². The van der Waals surface area contributed by atoms with Crippen molar-refractivity contribution in [1.82, 2.24) is 14.5 Å². The van der Waals surface area contributed by atoms with E-state index in [9.17, 15) is 8.42 Å². The van der Waals surface area contributed by atoms with Gasteiger partial charge in [0.2, 0.25) is 10.0 Å². The molecule has 0 bridgehead atoms. The topological polar surface area (TPSA) is 90.0 Å². The molecule has 3 N–H and O–H groups in total. The fraction of sp³-hybridized carbons (Fsp3) is 0.250. The minimum absolute atomic E-state index is 0.163. The lowest BCUT2D eigenvalue weighted by Gasteiger charge is -2.10. The van der Waals surface area contributed by atoms with E-state index >= 15 is 0 Å². The molecule has 1 heterocycles. The van der Waals surface area contributed by atoms with E-state index in [-0.39, 0.29) is 16.8 Å². The molecule has 2 aromatic rings. The molecule has 0 fully saturated rings. The molecule has 20 heavy (non-hydrogen) atoms. The Bertz CT molecular complexity index is 688. The Morgan fingerprint density at radius 2 is 1.90 bits per heavy atom. The second-order valence-corrected chi connectivity index (χ2v) is 6.70. The number of benzene rings is 1. The number of hydrogen-bond acceptors (Lipinski definition) is 4. The second-order valence-electron chi connectivity index (χ2n) is 4.58. The van der Waals surface area contributed by atoms with Crippen molar-refractivity contribution in [2.75, 3.05) is 5.73 Å². The Morgan fingerprint density at radius 1 is 1.30 bits per heavy atom. The van der Waals surface area contributed by atoms with Crippen LogP contribution in [0.5, 0.6) is 0 Å². The Labute approximate surface area is 122 Å². The molecule has 6 nitrogen and oxygen atoms in total. The van der Waals surface area contributed by atoms with Crippen LogP contribution in [0.25, 0.3) is 5.69 Å². The summed E-state index contributed by atoms with van der Waals surface area (Å²) in [7, 11) is -3.49. The standard InChI is InChI=1S/C12H15ClN4O2S/c1-8(2)16-20(18,19)10-5-3-9(4-6-10)17-7-11(13)12(14)15-17/h3-8,16H,1-2H3,(H2,14,15). The summed E-state index contributed by atoms with van der Waals surface area (Å²) in [6.07, 6.45) is 1.56. The van der Waals surface area contributed by atoms with Crippen LogP contribution in [0.3, 0.4) is 0 Å². The van der Waals surface area contributed by atoms with Gasteiger partial charge >= 0.3 is 0 Å². The highest BCUT2D eigenvalue weighted by Crippen LogP contribution is 2.20. The summed E-state index contributed by atoms with van der Waals surface area (Å²) in [4.78, 5) is 0.196. The van der Waals surface area contributed by atoms with Crippen molar-refractivity contribution in [3.05, 3.63) is 35.5 Å². The SMILES string of the molecule is CC(C)NS(=O)(=O)c1ccc(-n2cc(Cl)c(N)n2)cc1. The molecule has 0 atom stereocenters. The van der Waals surface area contributed by atoms with E-state index in [0.29, 0.717) is 10.7 Å². The van der Waals surface area contributed by atoms with E-state index in [1.54, 1.807) is 32.2 Å². The average Bonchev–Trinajstić information content (AvgIpc) is 2.68. The van der Waals surface area contributed by atoms with Gasteiger partial charge in [-0.3, -0.25) is 0 Å². The van der Waals surface area contributed by atoms with Gasteiger partial charge in [-0.25, -0.2) is 17.8 Å². The van der Waals surface area contributed by atoms with Crippen LogP contribution >= 0.6 is 11.6 Å². The van der Waals surface area contributed by atoms with Gasteiger partial charge in [-0.05, 0) is 38.1 Å². The molecule has 1 aromatic heterocycles. The van der Waals surface area contributed by atoms with Crippen LogP contribution in [-0.2, 0) is 10.0 Å². The normalized spacial score (nSPS) is 12.0. The zero-order chi connectivity index (χ0) is 14.9. The fourth-order valence-electron chi connectivity index (χ4n) is 1.65. The van der Waals surface area contributed by atoms with E-state index in [2.05, 4.69) is 9.82 Å². The third kappa shape index (κ3) is 3.12. The number of nitrogens with zero attached hydrogens (tertiary/aromatic N) is 2. The third-order valence-electron chi connectivity index (χ3n) is 2.50. The number of sulfonamides is 1. The first kappa shape index (κ1) is 14.8. The van der Waals surface area contributed by atoms with Gasteiger partial charge in [0.1, 0.15) is 5.02 Å². The summed E-state index contributed by atoms with van der Waals surface area (Å²) in [6, 6.07) is 6.12. The van der Waals surface area contributed by atoms with Crippen LogP contribution in [0.15, 0.2) is 35.4 Å². The van der Waals surface area contributed by atoms with Crippen molar-refractivity contribution in [3.63, 3.8) is 0 Å². The van der Waals surface area contributed by atoms with Gasteiger partial charge in [-0.15, -0.1) is 5.10 Å². The van der Waals surface area contributed by atoms with E-state index in [0.717, 1.165) is 0 Å². The van der Waals surface area contributed by atoms with Crippen LogP contribution in [0.2, 0.25) is 5.02 Å². The molecule has 0 aliphatic rings. The highest BCUT2D eigenvalue weighted by Gasteiger charge is 2.15. The number of nitrogens with two attached hydrogens (primary N) is 1. The molecule has 1 aromatic carbocycles. The number of rotatable bonds is 4. The lowest BCUT2D eigenvalue weighted by molar-refractivity contribution is 0.570. The molecule has 0 aliphatic heterocycles. The lowest BCUT2D eigenvalue weighted by Crippen LogP contribution is -2.30. The van der Waals surface area contributed by atoms with Crippen molar-refractivity contribution >= 4 is 27.4 Å². The lowest BCUT2D eigenvalue weighted by atomic mass is 10.3. The van der Waals surface area contributed by atoms with Gasteiger partial charge < -0.3 is 5.73 Å². The fourth-order valence-corrected chi connectivity index (χ4v) is 3.04. The number of halogens is 1. The Morgan fingerprint density at radius 3 is 2.35 bits per heavy atom. The van der Waals surface area contributed by atoms with Crippen LogP contribution in [0.4, 0.5) is 5.82 Å². The minimum Gasteiger partial charge on any atom is -0.381 e. The first-order valence-electron chi connectivity index (χ1n) is 5.93. The molecular formula is C12H15ClN4O2S. The maximum Gasteiger partial charge on any atom is 0.240 e. The minimum atomic E-state index is -3.49. The maximum absolute atomic E-state index is 12.0. The zero-order valence-electron chi connectivity index (χ0n) is 11.0. The van der Waals surface area contributed by atoms with E-state index in [1.807, 2.05) is 0 Å². The van der Waals surface area contributed by atoms with E-state index in [4.69, 9.17) is 17.3 Å². The summed E-state index contributed by atoms with van der Waals surface area (Å²) in [6.45, 7) is 3.53. The van der Waals surface area contributed by atoms with Crippen molar-refractivity contribution in [1.29, 1.82) is 0 Å². The molecule has 0 amide bonds.